The van der Waals surface area contributed by atoms with E-state index in [0.717, 1.165) is 45.2 Å². The summed E-state index contributed by atoms with van der Waals surface area (Å²) in [7, 11) is 2.15. The average Bonchev–Trinajstić information content (AvgIpc) is 2.21. The van der Waals surface area contributed by atoms with Crippen LogP contribution in [0.3, 0.4) is 0 Å². The lowest BCUT2D eigenvalue weighted by Crippen LogP contribution is -2.43. The molecule has 0 aromatic heterocycles. The molecule has 2 aliphatic rings. The minimum atomic E-state index is -0.118. The zero-order chi connectivity index (χ0) is 13.3. The summed E-state index contributed by atoms with van der Waals surface area (Å²) < 4.78 is 0. The molecule has 0 aromatic carbocycles. The zero-order valence-electron chi connectivity index (χ0n) is 12.1. The maximum absolute atomic E-state index is 10.1. The van der Waals surface area contributed by atoms with Crippen molar-refractivity contribution < 1.29 is 10.2 Å². The van der Waals surface area contributed by atoms with Crippen LogP contribution in [0.1, 0.15) is 46.0 Å². The molecular formula is C15H29NO2. The Morgan fingerprint density at radius 3 is 2.44 bits per heavy atom. The van der Waals surface area contributed by atoms with Crippen molar-refractivity contribution in [2.75, 3.05) is 20.1 Å². The smallest absolute Gasteiger partial charge is 0.0581 e. The summed E-state index contributed by atoms with van der Waals surface area (Å²) >= 11 is 0. The van der Waals surface area contributed by atoms with Crippen molar-refractivity contribution in [1.29, 1.82) is 0 Å². The Labute approximate surface area is 111 Å². The van der Waals surface area contributed by atoms with E-state index < -0.39 is 0 Å². The third kappa shape index (κ3) is 3.69. The second kappa shape index (κ2) is 5.48. The minimum absolute atomic E-state index is 0.0531. The summed E-state index contributed by atoms with van der Waals surface area (Å²) in [4.78, 5) is 2.35. The molecule has 0 aromatic rings. The Balaban J connectivity index is 1.76. The zero-order valence-corrected chi connectivity index (χ0v) is 12.1. The number of hydrogen-bond acceptors (Lipinski definition) is 3. The molecule has 2 rings (SSSR count). The number of aliphatic hydroxyl groups excluding tert-OH is 2. The SMILES string of the molecule is CN(CC1CC(O)C1)CC1CC(C)(C)CCC1O. The summed E-state index contributed by atoms with van der Waals surface area (Å²) in [6.07, 6.45) is 4.98. The Morgan fingerprint density at radius 1 is 1.17 bits per heavy atom. The van der Waals surface area contributed by atoms with E-state index >= 15 is 0 Å². The summed E-state index contributed by atoms with van der Waals surface area (Å²) in [5.41, 5.74) is 0.386. The van der Waals surface area contributed by atoms with Crippen LogP contribution < -0.4 is 0 Å². The molecule has 0 amide bonds. The van der Waals surface area contributed by atoms with Gasteiger partial charge in [0, 0.05) is 13.1 Å². The van der Waals surface area contributed by atoms with Crippen molar-refractivity contribution in [1.82, 2.24) is 4.90 Å². The Hall–Kier alpha value is -0.120. The van der Waals surface area contributed by atoms with Crippen LogP contribution in [0.4, 0.5) is 0 Å². The van der Waals surface area contributed by atoms with E-state index in [-0.39, 0.29) is 12.2 Å². The Bertz CT molecular complexity index is 274. The van der Waals surface area contributed by atoms with Gasteiger partial charge in [0.15, 0.2) is 0 Å². The fourth-order valence-electron chi connectivity index (χ4n) is 3.67. The van der Waals surface area contributed by atoms with Crippen molar-refractivity contribution in [3.63, 3.8) is 0 Å². The lowest BCUT2D eigenvalue weighted by molar-refractivity contribution is -0.00666. The predicted octanol–water partition coefficient (Wildman–Crippen LogP) is 1.88. The number of nitrogens with zero attached hydrogens (tertiary/aromatic N) is 1. The highest BCUT2D eigenvalue weighted by molar-refractivity contribution is 4.87. The molecule has 3 heteroatoms. The maximum atomic E-state index is 10.1. The Morgan fingerprint density at radius 2 is 1.83 bits per heavy atom. The number of aliphatic hydroxyl groups is 2. The van der Waals surface area contributed by atoms with Crippen LogP contribution in [0, 0.1) is 17.3 Å². The fourth-order valence-corrected chi connectivity index (χ4v) is 3.67. The molecule has 2 N–H and O–H groups in total. The van der Waals surface area contributed by atoms with Gasteiger partial charge in [0.2, 0.25) is 0 Å². The third-order valence-corrected chi connectivity index (χ3v) is 4.80. The first-order valence-corrected chi connectivity index (χ1v) is 7.40. The van der Waals surface area contributed by atoms with Crippen LogP contribution in [0.25, 0.3) is 0 Å². The van der Waals surface area contributed by atoms with E-state index in [1.807, 2.05) is 0 Å². The number of rotatable bonds is 4. The van der Waals surface area contributed by atoms with Gasteiger partial charge in [-0.1, -0.05) is 13.8 Å². The van der Waals surface area contributed by atoms with Gasteiger partial charge in [-0.2, -0.15) is 0 Å². The normalized spacial score (nSPS) is 39.7. The van der Waals surface area contributed by atoms with Crippen molar-refractivity contribution >= 4 is 0 Å². The molecule has 2 saturated carbocycles. The molecule has 2 unspecified atom stereocenters. The van der Waals surface area contributed by atoms with Gasteiger partial charge in [0.1, 0.15) is 0 Å². The van der Waals surface area contributed by atoms with Gasteiger partial charge in [-0.15, -0.1) is 0 Å². The van der Waals surface area contributed by atoms with E-state index in [4.69, 9.17) is 0 Å². The molecule has 18 heavy (non-hydrogen) atoms. The molecule has 0 bridgehead atoms. The molecule has 2 atom stereocenters. The van der Waals surface area contributed by atoms with E-state index in [0.29, 0.717) is 17.3 Å². The van der Waals surface area contributed by atoms with Crippen molar-refractivity contribution in [2.45, 2.75) is 58.2 Å². The third-order valence-electron chi connectivity index (χ3n) is 4.80. The van der Waals surface area contributed by atoms with Gasteiger partial charge in [0.25, 0.3) is 0 Å². The van der Waals surface area contributed by atoms with Gasteiger partial charge >= 0.3 is 0 Å². The highest BCUT2D eigenvalue weighted by Crippen LogP contribution is 2.39. The first-order valence-electron chi connectivity index (χ1n) is 7.40. The molecule has 0 aliphatic heterocycles. The first kappa shape index (κ1) is 14.3. The average molecular weight is 255 g/mol. The van der Waals surface area contributed by atoms with E-state index in [9.17, 15) is 10.2 Å². The molecule has 2 aliphatic carbocycles. The summed E-state index contributed by atoms with van der Waals surface area (Å²) in [6.45, 7) is 6.69. The summed E-state index contributed by atoms with van der Waals surface area (Å²) in [5.74, 6) is 1.09. The summed E-state index contributed by atoms with van der Waals surface area (Å²) in [6, 6.07) is 0. The van der Waals surface area contributed by atoms with Gasteiger partial charge in [-0.3, -0.25) is 0 Å². The lowest BCUT2D eigenvalue weighted by Gasteiger charge is -2.41. The molecule has 3 nitrogen and oxygen atoms in total. The van der Waals surface area contributed by atoms with Gasteiger partial charge < -0.3 is 15.1 Å². The standard InChI is InChI=1S/C15H29NO2/c1-15(2)5-4-14(18)12(8-15)10-16(3)9-11-6-13(17)7-11/h11-14,17-18H,4-10H2,1-3H3. The van der Waals surface area contributed by atoms with Crippen molar-refractivity contribution in [2.24, 2.45) is 17.3 Å². The minimum Gasteiger partial charge on any atom is -0.393 e. The second-order valence-electron chi connectivity index (χ2n) is 7.45. The van der Waals surface area contributed by atoms with Crippen LogP contribution in [0.15, 0.2) is 0 Å². The van der Waals surface area contributed by atoms with Crippen LogP contribution >= 0.6 is 0 Å². The monoisotopic (exact) mass is 255 g/mol. The molecule has 2 fully saturated rings. The molecule has 106 valence electrons. The largest absolute Gasteiger partial charge is 0.393 e. The van der Waals surface area contributed by atoms with E-state index in [1.54, 1.807) is 0 Å². The number of hydrogen-bond donors (Lipinski definition) is 2. The van der Waals surface area contributed by atoms with Crippen LogP contribution in [0.5, 0.6) is 0 Å². The van der Waals surface area contributed by atoms with Crippen molar-refractivity contribution in [3.05, 3.63) is 0 Å². The lowest BCUT2D eigenvalue weighted by atomic mass is 9.70. The molecule has 0 saturated heterocycles. The summed E-state index contributed by atoms with van der Waals surface area (Å²) in [5, 5.41) is 19.4. The quantitative estimate of drug-likeness (QED) is 0.806. The van der Waals surface area contributed by atoms with Crippen LogP contribution in [-0.2, 0) is 0 Å². The van der Waals surface area contributed by atoms with Crippen molar-refractivity contribution in [3.8, 4) is 0 Å². The fraction of sp³-hybridized carbons (Fsp3) is 1.00. The maximum Gasteiger partial charge on any atom is 0.0581 e. The molecule has 0 spiro atoms. The topological polar surface area (TPSA) is 43.7 Å². The van der Waals surface area contributed by atoms with E-state index in [2.05, 4.69) is 25.8 Å². The first-order chi connectivity index (χ1) is 8.35. The van der Waals surface area contributed by atoms with E-state index in [1.165, 1.54) is 0 Å². The molecule has 0 heterocycles. The highest BCUT2D eigenvalue weighted by atomic mass is 16.3. The predicted molar refractivity (Wildman–Crippen MR) is 73.4 cm³/mol. The van der Waals surface area contributed by atoms with Gasteiger partial charge in [-0.05, 0) is 56.4 Å². The molecule has 0 radical (unpaired) electrons. The highest BCUT2D eigenvalue weighted by Gasteiger charge is 2.35. The van der Waals surface area contributed by atoms with Crippen LogP contribution in [0.2, 0.25) is 0 Å². The van der Waals surface area contributed by atoms with Gasteiger partial charge in [0.05, 0.1) is 12.2 Å². The Kier molecular flexibility index (Phi) is 4.35. The van der Waals surface area contributed by atoms with Gasteiger partial charge in [-0.25, -0.2) is 0 Å². The molecular weight excluding hydrogens is 226 g/mol. The second-order valence-corrected chi connectivity index (χ2v) is 7.45. The van der Waals surface area contributed by atoms with Crippen LogP contribution in [-0.4, -0.2) is 47.5 Å².